The molecule has 0 spiro atoms. The van der Waals surface area contributed by atoms with Gasteiger partial charge in [-0.15, -0.1) is 0 Å². The quantitative estimate of drug-likeness (QED) is 0.862. The molecule has 1 amide bonds. The summed E-state index contributed by atoms with van der Waals surface area (Å²) in [6.07, 6.45) is -1.66. The van der Waals surface area contributed by atoms with Crippen LogP contribution in [0.3, 0.4) is 0 Å². The highest BCUT2D eigenvalue weighted by atomic mass is 19.1. The molecule has 0 aromatic heterocycles. The Morgan fingerprint density at radius 2 is 1.82 bits per heavy atom. The van der Waals surface area contributed by atoms with Gasteiger partial charge in [0.15, 0.2) is 17.7 Å². The summed E-state index contributed by atoms with van der Waals surface area (Å²) in [5.74, 6) is -0.840. The Labute approximate surface area is 128 Å². The topological polar surface area (TPSA) is 58.6 Å². The standard InChI is InChI=1S/C17H18FNO3/c1-12(22-15-10-6-5-9-14(15)18)11-19-17(21)16(20)13-7-3-2-4-8-13/h2-10,12,16,20H,11H2,1H3,(H,19,21). The molecule has 2 unspecified atom stereocenters. The number of benzene rings is 2. The predicted molar refractivity (Wildman–Crippen MR) is 80.9 cm³/mol. The van der Waals surface area contributed by atoms with E-state index in [4.69, 9.17) is 4.74 Å². The Balaban J connectivity index is 1.84. The van der Waals surface area contributed by atoms with E-state index in [1.165, 1.54) is 12.1 Å². The van der Waals surface area contributed by atoms with Crippen LogP contribution in [-0.2, 0) is 4.79 Å². The highest BCUT2D eigenvalue weighted by Gasteiger charge is 2.18. The van der Waals surface area contributed by atoms with Crippen molar-refractivity contribution < 1.29 is 19.0 Å². The van der Waals surface area contributed by atoms with Crippen molar-refractivity contribution in [2.24, 2.45) is 0 Å². The van der Waals surface area contributed by atoms with Gasteiger partial charge in [0.2, 0.25) is 0 Å². The van der Waals surface area contributed by atoms with Gasteiger partial charge in [0.25, 0.3) is 5.91 Å². The van der Waals surface area contributed by atoms with Crippen LogP contribution in [0.2, 0.25) is 0 Å². The second-order valence-corrected chi connectivity index (χ2v) is 4.92. The molecule has 2 aromatic carbocycles. The van der Waals surface area contributed by atoms with Crippen molar-refractivity contribution in [2.45, 2.75) is 19.1 Å². The summed E-state index contributed by atoms with van der Waals surface area (Å²) in [4.78, 5) is 11.9. The second-order valence-electron chi connectivity index (χ2n) is 4.92. The van der Waals surface area contributed by atoms with E-state index in [9.17, 15) is 14.3 Å². The molecule has 116 valence electrons. The molecule has 5 heteroatoms. The number of aliphatic hydroxyl groups is 1. The number of hydrogen-bond donors (Lipinski definition) is 2. The minimum Gasteiger partial charge on any atom is -0.486 e. The lowest BCUT2D eigenvalue weighted by Gasteiger charge is -2.17. The van der Waals surface area contributed by atoms with E-state index in [-0.39, 0.29) is 12.3 Å². The van der Waals surface area contributed by atoms with Crippen LogP contribution in [0.15, 0.2) is 54.6 Å². The van der Waals surface area contributed by atoms with Gasteiger partial charge in [-0.2, -0.15) is 0 Å². The van der Waals surface area contributed by atoms with E-state index < -0.39 is 23.9 Å². The van der Waals surface area contributed by atoms with Gasteiger partial charge in [-0.05, 0) is 24.6 Å². The highest BCUT2D eigenvalue weighted by Crippen LogP contribution is 2.17. The Morgan fingerprint density at radius 3 is 2.50 bits per heavy atom. The molecular weight excluding hydrogens is 285 g/mol. The fourth-order valence-corrected chi connectivity index (χ4v) is 1.93. The van der Waals surface area contributed by atoms with Crippen LogP contribution >= 0.6 is 0 Å². The lowest BCUT2D eigenvalue weighted by molar-refractivity contribution is -0.129. The summed E-state index contributed by atoms with van der Waals surface area (Å²) >= 11 is 0. The van der Waals surface area contributed by atoms with Crippen molar-refractivity contribution in [1.82, 2.24) is 5.32 Å². The highest BCUT2D eigenvalue weighted by molar-refractivity contribution is 5.81. The number of nitrogens with one attached hydrogen (secondary N) is 1. The van der Waals surface area contributed by atoms with Crippen molar-refractivity contribution in [2.75, 3.05) is 6.54 Å². The van der Waals surface area contributed by atoms with Crippen molar-refractivity contribution in [3.8, 4) is 5.75 Å². The van der Waals surface area contributed by atoms with Crippen LogP contribution in [0.5, 0.6) is 5.75 Å². The fourth-order valence-electron chi connectivity index (χ4n) is 1.93. The molecule has 22 heavy (non-hydrogen) atoms. The van der Waals surface area contributed by atoms with Crippen LogP contribution in [0.25, 0.3) is 0 Å². The molecule has 0 radical (unpaired) electrons. The maximum atomic E-state index is 13.4. The Morgan fingerprint density at radius 1 is 1.18 bits per heavy atom. The summed E-state index contributed by atoms with van der Waals surface area (Å²) in [5, 5.41) is 12.5. The zero-order chi connectivity index (χ0) is 15.9. The van der Waals surface area contributed by atoms with Crippen molar-refractivity contribution >= 4 is 5.91 Å². The molecule has 0 heterocycles. The monoisotopic (exact) mass is 303 g/mol. The zero-order valence-corrected chi connectivity index (χ0v) is 12.2. The summed E-state index contributed by atoms with van der Waals surface area (Å²) in [5.41, 5.74) is 0.516. The van der Waals surface area contributed by atoms with Crippen LogP contribution in [0, 0.1) is 5.82 Å². The lowest BCUT2D eigenvalue weighted by atomic mass is 10.1. The fraction of sp³-hybridized carbons (Fsp3) is 0.235. The molecular formula is C17H18FNO3. The van der Waals surface area contributed by atoms with E-state index in [0.29, 0.717) is 5.56 Å². The largest absolute Gasteiger partial charge is 0.486 e. The summed E-state index contributed by atoms with van der Waals surface area (Å²) < 4.78 is 18.9. The second kappa shape index (κ2) is 7.56. The predicted octanol–water partition coefficient (Wildman–Crippen LogP) is 2.44. The average Bonchev–Trinajstić information content (AvgIpc) is 2.55. The van der Waals surface area contributed by atoms with E-state index in [2.05, 4.69) is 5.32 Å². The number of carbonyl (C=O) groups is 1. The number of halogens is 1. The average molecular weight is 303 g/mol. The first kappa shape index (κ1) is 16.0. The van der Waals surface area contributed by atoms with Crippen LogP contribution in [0.1, 0.15) is 18.6 Å². The van der Waals surface area contributed by atoms with E-state index in [0.717, 1.165) is 0 Å². The van der Waals surface area contributed by atoms with Gasteiger partial charge in [-0.3, -0.25) is 4.79 Å². The molecule has 0 aliphatic heterocycles. The SMILES string of the molecule is CC(CNC(=O)C(O)c1ccccc1)Oc1ccccc1F. The van der Waals surface area contributed by atoms with Gasteiger partial charge in [-0.25, -0.2) is 4.39 Å². The molecule has 4 nitrogen and oxygen atoms in total. The number of carbonyl (C=O) groups excluding carboxylic acids is 1. The minimum atomic E-state index is -1.23. The molecule has 2 N–H and O–H groups in total. The summed E-state index contributed by atoms with van der Waals surface area (Å²) in [6.45, 7) is 1.87. The lowest BCUT2D eigenvalue weighted by Crippen LogP contribution is -2.36. The van der Waals surface area contributed by atoms with Crippen molar-refractivity contribution in [1.29, 1.82) is 0 Å². The van der Waals surface area contributed by atoms with E-state index in [1.54, 1.807) is 49.4 Å². The first-order chi connectivity index (χ1) is 10.6. The number of aliphatic hydroxyl groups excluding tert-OH is 1. The van der Waals surface area contributed by atoms with Crippen molar-refractivity contribution in [3.63, 3.8) is 0 Å². The van der Waals surface area contributed by atoms with Crippen LogP contribution in [0.4, 0.5) is 4.39 Å². The molecule has 0 aliphatic rings. The Bertz CT molecular complexity index is 618. The molecule has 2 rings (SSSR count). The molecule has 0 fully saturated rings. The Hall–Kier alpha value is -2.40. The van der Waals surface area contributed by atoms with Gasteiger partial charge < -0.3 is 15.2 Å². The van der Waals surface area contributed by atoms with Gasteiger partial charge >= 0.3 is 0 Å². The Kier molecular flexibility index (Phi) is 5.49. The molecule has 2 aromatic rings. The van der Waals surface area contributed by atoms with Gasteiger partial charge in [0, 0.05) is 0 Å². The zero-order valence-electron chi connectivity index (χ0n) is 12.2. The molecule has 2 atom stereocenters. The van der Waals surface area contributed by atoms with Gasteiger partial charge in [0.1, 0.15) is 6.10 Å². The van der Waals surface area contributed by atoms with E-state index >= 15 is 0 Å². The third-order valence-corrected chi connectivity index (χ3v) is 3.09. The maximum Gasteiger partial charge on any atom is 0.253 e. The smallest absolute Gasteiger partial charge is 0.253 e. The summed E-state index contributed by atoms with van der Waals surface area (Å²) in [7, 11) is 0. The third kappa shape index (κ3) is 4.30. The van der Waals surface area contributed by atoms with E-state index in [1.807, 2.05) is 0 Å². The molecule has 0 saturated heterocycles. The normalized spacial score (nSPS) is 13.2. The van der Waals surface area contributed by atoms with Crippen LogP contribution < -0.4 is 10.1 Å². The summed E-state index contributed by atoms with van der Waals surface area (Å²) in [6, 6.07) is 14.7. The number of rotatable bonds is 6. The van der Waals surface area contributed by atoms with Crippen molar-refractivity contribution in [3.05, 3.63) is 66.0 Å². The number of amides is 1. The number of ether oxygens (including phenoxy) is 1. The number of para-hydroxylation sites is 1. The minimum absolute atomic E-state index is 0.132. The first-order valence-corrected chi connectivity index (χ1v) is 7.00. The van der Waals surface area contributed by atoms with Gasteiger partial charge in [0.05, 0.1) is 6.54 Å². The molecule has 0 bridgehead atoms. The van der Waals surface area contributed by atoms with Crippen LogP contribution in [-0.4, -0.2) is 23.7 Å². The first-order valence-electron chi connectivity index (χ1n) is 7.00. The van der Waals surface area contributed by atoms with Gasteiger partial charge in [-0.1, -0.05) is 42.5 Å². The molecule has 0 aliphatic carbocycles. The molecule has 0 saturated carbocycles. The maximum absolute atomic E-state index is 13.4. The number of hydrogen-bond acceptors (Lipinski definition) is 3. The third-order valence-electron chi connectivity index (χ3n) is 3.09.